The average molecular weight is 284 g/mol. The van der Waals surface area contributed by atoms with Gasteiger partial charge in [0.15, 0.2) is 0 Å². The average Bonchev–Trinajstić information content (AvgIpc) is 2.95. The van der Waals surface area contributed by atoms with Gasteiger partial charge in [0, 0.05) is 26.2 Å². The summed E-state index contributed by atoms with van der Waals surface area (Å²) in [6, 6.07) is 20.5. The van der Waals surface area contributed by atoms with Crippen LogP contribution in [0.2, 0.25) is 0 Å². The number of benzene rings is 2. The van der Waals surface area contributed by atoms with Crippen LogP contribution >= 0.6 is 0 Å². The SMILES string of the molecule is F[C@@H]1CNC[C@H]1N(Cc1ccccc1)Cc1ccccc1. The first-order chi connectivity index (χ1) is 10.3. The molecule has 0 amide bonds. The Morgan fingerprint density at radius 1 is 0.857 bits per heavy atom. The van der Waals surface area contributed by atoms with Crippen LogP contribution in [0.5, 0.6) is 0 Å². The van der Waals surface area contributed by atoms with Crippen molar-refractivity contribution in [3.63, 3.8) is 0 Å². The molecule has 0 bridgehead atoms. The van der Waals surface area contributed by atoms with Gasteiger partial charge in [0.25, 0.3) is 0 Å². The second-order valence-corrected chi connectivity index (χ2v) is 5.62. The number of hydrogen-bond acceptors (Lipinski definition) is 2. The van der Waals surface area contributed by atoms with Gasteiger partial charge >= 0.3 is 0 Å². The smallest absolute Gasteiger partial charge is 0.129 e. The van der Waals surface area contributed by atoms with Crippen LogP contribution in [0.3, 0.4) is 0 Å². The minimum atomic E-state index is -0.794. The van der Waals surface area contributed by atoms with E-state index in [2.05, 4.69) is 34.5 Å². The number of alkyl halides is 1. The zero-order valence-electron chi connectivity index (χ0n) is 12.1. The maximum atomic E-state index is 14.1. The molecule has 0 aromatic heterocycles. The maximum absolute atomic E-state index is 14.1. The molecule has 0 spiro atoms. The first-order valence-corrected chi connectivity index (χ1v) is 7.49. The lowest BCUT2D eigenvalue weighted by atomic mass is 10.1. The molecule has 2 nitrogen and oxygen atoms in total. The monoisotopic (exact) mass is 284 g/mol. The van der Waals surface area contributed by atoms with Crippen molar-refractivity contribution in [3.8, 4) is 0 Å². The van der Waals surface area contributed by atoms with Gasteiger partial charge < -0.3 is 5.32 Å². The van der Waals surface area contributed by atoms with Crippen molar-refractivity contribution < 1.29 is 4.39 Å². The van der Waals surface area contributed by atoms with Gasteiger partial charge in [0.1, 0.15) is 6.17 Å². The minimum absolute atomic E-state index is 0.0505. The molecule has 2 aromatic carbocycles. The molecule has 3 heteroatoms. The summed E-state index contributed by atoms with van der Waals surface area (Å²) in [5.41, 5.74) is 2.46. The molecule has 21 heavy (non-hydrogen) atoms. The van der Waals surface area contributed by atoms with Crippen LogP contribution < -0.4 is 5.32 Å². The summed E-state index contributed by atoms with van der Waals surface area (Å²) < 4.78 is 14.1. The number of nitrogens with one attached hydrogen (secondary N) is 1. The molecule has 1 heterocycles. The van der Waals surface area contributed by atoms with Gasteiger partial charge in [-0.05, 0) is 11.1 Å². The van der Waals surface area contributed by atoms with Crippen LogP contribution in [0.15, 0.2) is 60.7 Å². The fraction of sp³-hybridized carbons (Fsp3) is 0.333. The predicted octanol–water partition coefficient (Wildman–Crippen LogP) is 3.00. The van der Waals surface area contributed by atoms with Crippen molar-refractivity contribution in [1.82, 2.24) is 10.2 Å². The van der Waals surface area contributed by atoms with Gasteiger partial charge in [-0.15, -0.1) is 0 Å². The molecule has 0 saturated carbocycles. The summed E-state index contributed by atoms with van der Waals surface area (Å²) in [6.07, 6.45) is -0.794. The summed E-state index contributed by atoms with van der Waals surface area (Å²) in [5.74, 6) is 0. The summed E-state index contributed by atoms with van der Waals surface area (Å²) in [7, 11) is 0. The zero-order chi connectivity index (χ0) is 14.5. The Kier molecular flexibility index (Phi) is 4.63. The molecule has 0 radical (unpaired) electrons. The van der Waals surface area contributed by atoms with Gasteiger partial charge in [-0.25, -0.2) is 4.39 Å². The normalized spacial score (nSPS) is 21.8. The van der Waals surface area contributed by atoms with Gasteiger partial charge in [-0.2, -0.15) is 0 Å². The number of nitrogens with zero attached hydrogens (tertiary/aromatic N) is 1. The van der Waals surface area contributed by atoms with Crippen molar-refractivity contribution in [3.05, 3.63) is 71.8 Å². The number of rotatable bonds is 5. The molecule has 1 N–H and O–H groups in total. The van der Waals surface area contributed by atoms with Gasteiger partial charge in [-0.1, -0.05) is 60.7 Å². The zero-order valence-corrected chi connectivity index (χ0v) is 12.1. The summed E-state index contributed by atoms with van der Waals surface area (Å²) in [5, 5.41) is 3.16. The highest BCUT2D eigenvalue weighted by molar-refractivity contribution is 5.17. The highest BCUT2D eigenvalue weighted by atomic mass is 19.1. The third-order valence-electron chi connectivity index (χ3n) is 4.04. The van der Waals surface area contributed by atoms with E-state index in [1.54, 1.807) is 0 Å². The van der Waals surface area contributed by atoms with E-state index in [0.717, 1.165) is 19.6 Å². The third-order valence-corrected chi connectivity index (χ3v) is 4.04. The first-order valence-electron chi connectivity index (χ1n) is 7.49. The lowest BCUT2D eigenvalue weighted by Crippen LogP contribution is -2.40. The Bertz CT molecular complexity index is 502. The molecule has 1 saturated heterocycles. The van der Waals surface area contributed by atoms with Crippen LogP contribution in [0.1, 0.15) is 11.1 Å². The van der Waals surface area contributed by atoms with E-state index in [1.165, 1.54) is 11.1 Å². The Balaban J connectivity index is 1.77. The Morgan fingerprint density at radius 2 is 1.38 bits per heavy atom. The van der Waals surface area contributed by atoms with E-state index in [0.29, 0.717) is 6.54 Å². The standard InChI is InChI=1S/C18H21FN2/c19-17-11-20-12-18(17)21(13-15-7-3-1-4-8-15)14-16-9-5-2-6-10-16/h1-10,17-18,20H,11-14H2/t17-,18-/m1/s1. The van der Waals surface area contributed by atoms with Gasteiger partial charge in [-0.3, -0.25) is 4.90 Å². The fourth-order valence-corrected chi connectivity index (χ4v) is 2.92. The molecule has 2 aromatic rings. The quantitative estimate of drug-likeness (QED) is 0.908. The predicted molar refractivity (Wildman–Crippen MR) is 83.7 cm³/mol. The van der Waals surface area contributed by atoms with Crippen LogP contribution in [-0.4, -0.2) is 30.2 Å². The Labute approximate surface area is 125 Å². The fourth-order valence-electron chi connectivity index (χ4n) is 2.92. The summed E-state index contributed by atoms with van der Waals surface area (Å²) in [6.45, 7) is 2.75. The summed E-state index contributed by atoms with van der Waals surface area (Å²) >= 11 is 0. The molecule has 1 fully saturated rings. The molecule has 0 aliphatic carbocycles. The molecule has 0 unspecified atom stereocenters. The maximum Gasteiger partial charge on any atom is 0.129 e. The second kappa shape index (κ2) is 6.83. The van der Waals surface area contributed by atoms with E-state index in [4.69, 9.17) is 0 Å². The van der Waals surface area contributed by atoms with Gasteiger partial charge in [0.2, 0.25) is 0 Å². The van der Waals surface area contributed by atoms with Crippen molar-refractivity contribution in [2.45, 2.75) is 25.3 Å². The Morgan fingerprint density at radius 3 is 1.81 bits per heavy atom. The second-order valence-electron chi connectivity index (χ2n) is 5.62. The van der Waals surface area contributed by atoms with Crippen molar-refractivity contribution in [2.75, 3.05) is 13.1 Å². The Hall–Kier alpha value is -1.71. The van der Waals surface area contributed by atoms with E-state index in [-0.39, 0.29) is 6.04 Å². The molecular formula is C18H21FN2. The molecule has 1 aliphatic rings. The van der Waals surface area contributed by atoms with E-state index in [1.807, 2.05) is 36.4 Å². The van der Waals surface area contributed by atoms with Crippen LogP contribution in [0.4, 0.5) is 4.39 Å². The van der Waals surface area contributed by atoms with Crippen LogP contribution in [-0.2, 0) is 13.1 Å². The van der Waals surface area contributed by atoms with Crippen molar-refractivity contribution >= 4 is 0 Å². The van der Waals surface area contributed by atoms with E-state index < -0.39 is 6.17 Å². The molecular weight excluding hydrogens is 263 g/mol. The van der Waals surface area contributed by atoms with E-state index in [9.17, 15) is 4.39 Å². The molecule has 3 rings (SSSR count). The van der Waals surface area contributed by atoms with Crippen LogP contribution in [0, 0.1) is 0 Å². The first kappa shape index (κ1) is 14.2. The summed E-state index contributed by atoms with van der Waals surface area (Å²) in [4.78, 5) is 2.25. The highest BCUT2D eigenvalue weighted by Crippen LogP contribution is 2.19. The largest absolute Gasteiger partial charge is 0.312 e. The molecule has 2 atom stereocenters. The third kappa shape index (κ3) is 3.69. The van der Waals surface area contributed by atoms with E-state index >= 15 is 0 Å². The topological polar surface area (TPSA) is 15.3 Å². The van der Waals surface area contributed by atoms with Crippen molar-refractivity contribution in [1.29, 1.82) is 0 Å². The lowest BCUT2D eigenvalue weighted by molar-refractivity contribution is 0.129. The van der Waals surface area contributed by atoms with Crippen molar-refractivity contribution in [2.24, 2.45) is 0 Å². The number of hydrogen-bond donors (Lipinski definition) is 1. The molecule has 110 valence electrons. The lowest BCUT2D eigenvalue weighted by Gasteiger charge is -2.30. The number of halogens is 1. The minimum Gasteiger partial charge on any atom is -0.312 e. The highest BCUT2D eigenvalue weighted by Gasteiger charge is 2.31. The molecule has 1 aliphatic heterocycles. The van der Waals surface area contributed by atoms with Crippen LogP contribution in [0.25, 0.3) is 0 Å². The van der Waals surface area contributed by atoms with Gasteiger partial charge in [0.05, 0.1) is 6.04 Å².